The van der Waals surface area contributed by atoms with Crippen molar-refractivity contribution in [2.24, 2.45) is 0 Å². The Morgan fingerprint density at radius 3 is 2.13 bits per heavy atom. The molecule has 0 aliphatic carbocycles. The van der Waals surface area contributed by atoms with Crippen LogP contribution >= 0.6 is 0 Å². The van der Waals surface area contributed by atoms with Crippen LogP contribution in [0.1, 0.15) is 56.9 Å². The zero-order valence-corrected chi connectivity index (χ0v) is 18.3. The van der Waals surface area contributed by atoms with E-state index in [-0.39, 0.29) is 24.7 Å². The number of carbonyl (C=O) groups excluding carboxylic acids is 2. The van der Waals surface area contributed by atoms with Crippen molar-refractivity contribution in [3.63, 3.8) is 0 Å². The van der Waals surface area contributed by atoms with Crippen LogP contribution in [0.4, 0.5) is 5.69 Å². The average Bonchev–Trinajstić information content (AvgIpc) is 3.36. The second kappa shape index (κ2) is 9.06. The van der Waals surface area contributed by atoms with Gasteiger partial charge in [-0.1, -0.05) is 12.8 Å². The van der Waals surface area contributed by atoms with Gasteiger partial charge in [-0.25, -0.2) is 8.42 Å². The highest BCUT2D eigenvalue weighted by atomic mass is 32.2. The summed E-state index contributed by atoms with van der Waals surface area (Å²) in [6.45, 7) is 3.30. The quantitative estimate of drug-likeness (QED) is 0.715. The first-order valence-corrected chi connectivity index (χ1v) is 12.6. The fourth-order valence-corrected chi connectivity index (χ4v) is 6.27. The molecular formula is C22H31N3O4S. The first-order valence-electron chi connectivity index (χ1n) is 11.2. The zero-order chi connectivity index (χ0) is 21.1. The van der Waals surface area contributed by atoms with E-state index in [0.29, 0.717) is 31.0 Å². The third-order valence-corrected chi connectivity index (χ3v) is 8.36. The van der Waals surface area contributed by atoms with Crippen molar-refractivity contribution < 1.29 is 18.0 Å². The summed E-state index contributed by atoms with van der Waals surface area (Å²) >= 11 is 0. The maximum Gasteiger partial charge on any atom is 0.243 e. The fourth-order valence-electron chi connectivity index (χ4n) is 4.70. The van der Waals surface area contributed by atoms with Gasteiger partial charge in [0.2, 0.25) is 21.8 Å². The molecule has 0 bridgehead atoms. The number of anilines is 1. The van der Waals surface area contributed by atoms with E-state index >= 15 is 0 Å². The normalized spacial score (nSPS) is 20.3. The van der Waals surface area contributed by atoms with E-state index in [0.717, 1.165) is 50.0 Å². The molecule has 7 nitrogen and oxygen atoms in total. The van der Waals surface area contributed by atoms with Crippen molar-refractivity contribution in [3.05, 3.63) is 23.8 Å². The van der Waals surface area contributed by atoms with Crippen molar-refractivity contribution >= 4 is 27.5 Å². The van der Waals surface area contributed by atoms with E-state index in [4.69, 9.17) is 0 Å². The minimum Gasteiger partial charge on any atom is -0.343 e. The summed E-state index contributed by atoms with van der Waals surface area (Å²) in [7, 11) is -3.46. The highest BCUT2D eigenvalue weighted by Gasteiger charge is 2.31. The van der Waals surface area contributed by atoms with Gasteiger partial charge in [-0.3, -0.25) is 9.59 Å². The number of sulfonamides is 1. The molecule has 2 fully saturated rings. The second-order valence-corrected chi connectivity index (χ2v) is 10.4. The molecule has 3 aliphatic heterocycles. The Kier molecular flexibility index (Phi) is 6.43. The summed E-state index contributed by atoms with van der Waals surface area (Å²) < 4.78 is 27.2. The SMILES string of the molecule is O=C(CCC(=O)N1CCc2cc(S(=O)(=O)N3CCCC3)ccc21)N1CCCCCC1. The lowest BCUT2D eigenvalue weighted by Gasteiger charge is -2.22. The Bertz CT molecular complexity index is 901. The molecule has 4 rings (SSSR count). The van der Waals surface area contributed by atoms with Gasteiger partial charge in [0, 0.05) is 51.3 Å². The highest BCUT2D eigenvalue weighted by molar-refractivity contribution is 7.89. The monoisotopic (exact) mass is 433 g/mol. The van der Waals surface area contributed by atoms with E-state index in [1.807, 2.05) is 4.90 Å². The molecule has 0 unspecified atom stereocenters. The van der Waals surface area contributed by atoms with Crippen molar-refractivity contribution in [3.8, 4) is 0 Å². The number of likely N-dealkylation sites (tertiary alicyclic amines) is 1. The number of hydrogen-bond donors (Lipinski definition) is 0. The van der Waals surface area contributed by atoms with E-state index in [1.165, 1.54) is 12.8 Å². The fraction of sp³-hybridized carbons (Fsp3) is 0.636. The van der Waals surface area contributed by atoms with Crippen LogP contribution in [0.5, 0.6) is 0 Å². The first kappa shape index (κ1) is 21.3. The second-order valence-electron chi connectivity index (χ2n) is 8.49. The van der Waals surface area contributed by atoms with Crippen LogP contribution in [-0.2, 0) is 26.0 Å². The van der Waals surface area contributed by atoms with Gasteiger partial charge in [0.05, 0.1) is 4.90 Å². The van der Waals surface area contributed by atoms with E-state index in [2.05, 4.69) is 0 Å². The molecular weight excluding hydrogens is 402 g/mol. The lowest BCUT2D eigenvalue weighted by Crippen LogP contribution is -2.34. The lowest BCUT2D eigenvalue weighted by molar-refractivity contribution is -0.133. The van der Waals surface area contributed by atoms with E-state index in [1.54, 1.807) is 27.4 Å². The van der Waals surface area contributed by atoms with Gasteiger partial charge < -0.3 is 9.80 Å². The Labute approximate surface area is 179 Å². The van der Waals surface area contributed by atoms with Crippen molar-refractivity contribution in [1.29, 1.82) is 0 Å². The number of carbonyl (C=O) groups is 2. The highest BCUT2D eigenvalue weighted by Crippen LogP contribution is 2.32. The third kappa shape index (κ3) is 4.39. The smallest absolute Gasteiger partial charge is 0.243 e. The molecule has 0 N–H and O–H groups in total. The number of nitrogens with zero attached hydrogens (tertiary/aromatic N) is 3. The Balaban J connectivity index is 1.39. The average molecular weight is 434 g/mol. The number of fused-ring (bicyclic) bond motifs is 1. The molecule has 0 radical (unpaired) electrons. The van der Waals surface area contributed by atoms with Gasteiger partial charge >= 0.3 is 0 Å². The molecule has 8 heteroatoms. The number of amides is 2. The largest absolute Gasteiger partial charge is 0.343 e. The molecule has 0 spiro atoms. The minimum absolute atomic E-state index is 0.0629. The third-order valence-electron chi connectivity index (χ3n) is 6.46. The van der Waals surface area contributed by atoms with Crippen LogP contribution in [-0.4, -0.2) is 62.2 Å². The minimum atomic E-state index is -3.46. The van der Waals surface area contributed by atoms with Crippen LogP contribution in [0.15, 0.2) is 23.1 Å². The number of benzene rings is 1. The topological polar surface area (TPSA) is 78.0 Å². The summed E-state index contributed by atoms with van der Waals surface area (Å²) in [4.78, 5) is 29.2. The molecule has 2 amide bonds. The molecule has 1 aromatic carbocycles. The van der Waals surface area contributed by atoms with Gasteiger partial charge in [-0.15, -0.1) is 0 Å². The van der Waals surface area contributed by atoms with Crippen molar-refractivity contribution in [2.45, 2.75) is 62.7 Å². The van der Waals surface area contributed by atoms with Gasteiger partial charge in [-0.2, -0.15) is 4.31 Å². The number of hydrogen-bond acceptors (Lipinski definition) is 4. The molecule has 3 aliphatic rings. The van der Waals surface area contributed by atoms with Crippen molar-refractivity contribution in [2.75, 3.05) is 37.6 Å². The van der Waals surface area contributed by atoms with Crippen LogP contribution in [0.2, 0.25) is 0 Å². The molecule has 0 saturated carbocycles. The molecule has 2 saturated heterocycles. The maximum absolute atomic E-state index is 12.8. The van der Waals surface area contributed by atoms with Gasteiger partial charge in [-0.05, 0) is 55.9 Å². The summed E-state index contributed by atoms with van der Waals surface area (Å²) in [5.74, 6) is 0.00352. The van der Waals surface area contributed by atoms with Gasteiger partial charge in [0.1, 0.15) is 0 Å². The lowest BCUT2D eigenvalue weighted by atomic mass is 10.2. The van der Waals surface area contributed by atoms with Crippen LogP contribution < -0.4 is 4.90 Å². The molecule has 30 heavy (non-hydrogen) atoms. The van der Waals surface area contributed by atoms with Gasteiger partial charge in [0.15, 0.2) is 0 Å². The van der Waals surface area contributed by atoms with E-state index < -0.39 is 10.0 Å². The van der Waals surface area contributed by atoms with Crippen molar-refractivity contribution in [1.82, 2.24) is 9.21 Å². The summed E-state index contributed by atoms with van der Waals surface area (Å²) in [5, 5.41) is 0. The molecule has 3 heterocycles. The summed E-state index contributed by atoms with van der Waals surface area (Å²) in [6, 6.07) is 5.08. The predicted molar refractivity (Wildman–Crippen MR) is 115 cm³/mol. The molecule has 0 aromatic heterocycles. The Hall–Kier alpha value is -1.93. The predicted octanol–water partition coefficient (Wildman–Crippen LogP) is 2.54. The molecule has 0 atom stereocenters. The summed E-state index contributed by atoms with van der Waals surface area (Å²) in [6.07, 6.45) is 7.32. The van der Waals surface area contributed by atoms with Crippen LogP contribution in [0, 0.1) is 0 Å². The summed E-state index contributed by atoms with van der Waals surface area (Å²) in [5.41, 5.74) is 1.67. The first-order chi connectivity index (χ1) is 14.5. The van der Waals surface area contributed by atoms with Crippen LogP contribution in [0.3, 0.4) is 0 Å². The van der Waals surface area contributed by atoms with Crippen LogP contribution in [0.25, 0.3) is 0 Å². The molecule has 1 aromatic rings. The maximum atomic E-state index is 12.8. The molecule has 164 valence electrons. The zero-order valence-electron chi connectivity index (χ0n) is 17.5. The van der Waals surface area contributed by atoms with E-state index in [9.17, 15) is 18.0 Å². The Morgan fingerprint density at radius 2 is 1.43 bits per heavy atom. The standard InChI is InChI=1S/C22H31N3O4S/c26-21(23-12-3-1-2-4-13-23)9-10-22(27)25-16-11-18-17-19(7-8-20(18)25)30(28,29)24-14-5-6-15-24/h7-8,17H,1-6,9-16H2. The van der Waals surface area contributed by atoms with Gasteiger partial charge in [0.25, 0.3) is 0 Å². The Morgan fingerprint density at radius 1 is 0.800 bits per heavy atom. The number of rotatable bonds is 5.